The summed E-state index contributed by atoms with van der Waals surface area (Å²) in [7, 11) is -3.98. The van der Waals surface area contributed by atoms with Crippen LogP contribution in [0.1, 0.15) is 18.1 Å². The molecule has 2 N–H and O–H groups in total. The van der Waals surface area contributed by atoms with E-state index in [1.165, 1.54) is 6.92 Å². The third kappa shape index (κ3) is 2.18. The van der Waals surface area contributed by atoms with Gasteiger partial charge in [0.1, 0.15) is 0 Å². The molecular weight excluding hydrogens is 175 g/mol. The molecule has 3 nitrogen and oxygen atoms in total. The molecule has 0 aliphatic rings. The van der Waals surface area contributed by atoms with Crippen LogP contribution in [0, 0.1) is 0 Å². The fraction of sp³-hybridized carbons (Fsp3) is 0.250. The summed E-state index contributed by atoms with van der Waals surface area (Å²) in [6.07, 6.45) is 0. The highest BCUT2D eigenvalue weighted by Crippen LogP contribution is 2.51. The fourth-order valence-electron chi connectivity index (χ4n) is 0.926. The lowest BCUT2D eigenvalue weighted by Crippen LogP contribution is -1.93. The first-order valence-electron chi connectivity index (χ1n) is 3.62. The Hall–Kier alpha value is -0.630. The number of hydrogen-bond acceptors (Lipinski definition) is 1. The summed E-state index contributed by atoms with van der Waals surface area (Å²) >= 11 is 0. The molecule has 0 aliphatic heterocycles. The molecule has 1 rings (SSSR count). The van der Waals surface area contributed by atoms with Gasteiger partial charge in [-0.1, -0.05) is 30.3 Å². The lowest BCUT2D eigenvalue weighted by atomic mass is 10.2. The Morgan fingerprint density at radius 2 is 1.75 bits per heavy atom. The summed E-state index contributed by atoms with van der Waals surface area (Å²) in [5, 5.41) is 0. The molecule has 0 amide bonds. The van der Waals surface area contributed by atoms with Crippen molar-refractivity contribution in [1.82, 2.24) is 0 Å². The molecular formula is C8H11O3P. The van der Waals surface area contributed by atoms with Crippen LogP contribution in [-0.2, 0) is 4.57 Å². The van der Waals surface area contributed by atoms with Gasteiger partial charge >= 0.3 is 7.60 Å². The second-order valence-corrected chi connectivity index (χ2v) is 4.63. The zero-order chi connectivity index (χ0) is 9.19. The zero-order valence-electron chi connectivity index (χ0n) is 6.71. The fourth-order valence-corrected chi connectivity index (χ4v) is 1.49. The van der Waals surface area contributed by atoms with Crippen molar-refractivity contribution in [2.75, 3.05) is 0 Å². The molecule has 0 saturated carbocycles. The van der Waals surface area contributed by atoms with Gasteiger partial charge in [-0.05, 0) is 12.5 Å². The van der Waals surface area contributed by atoms with Gasteiger partial charge in [-0.2, -0.15) is 0 Å². The molecule has 4 heteroatoms. The third-order valence-electron chi connectivity index (χ3n) is 1.79. The average Bonchev–Trinajstić information content (AvgIpc) is 2.03. The van der Waals surface area contributed by atoms with Gasteiger partial charge in [-0.3, -0.25) is 4.57 Å². The standard InChI is InChI=1S/C8H11O3P/c1-7(12(9,10)11)8-5-3-2-4-6-8/h2-7H,1H3,(H2,9,10,11)/t7-/m1/s1. The Bertz CT molecular complexity index is 290. The van der Waals surface area contributed by atoms with E-state index in [-0.39, 0.29) is 0 Å². The number of rotatable bonds is 2. The van der Waals surface area contributed by atoms with E-state index in [2.05, 4.69) is 0 Å². The lowest BCUT2D eigenvalue weighted by Gasteiger charge is -2.12. The van der Waals surface area contributed by atoms with Crippen molar-refractivity contribution in [2.45, 2.75) is 12.6 Å². The summed E-state index contributed by atoms with van der Waals surface area (Å²) in [5.41, 5.74) is -0.0375. The Labute approximate surface area is 71.2 Å². The van der Waals surface area contributed by atoms with Crippen molar-refractivity contribution >= 4 is 7.60 Å². The van der Waals surface area contributed by atoms with Gasteiger partial charge in [-0.25, -0.2) is 0 Å². The molecule has 12 heavy (non-hydrogen) atoms. The van der Waals surface area contributed by atoms with Gasteiger partial charge in [-0.15, -0.1) is 0 Å². The first-order valence-corrected chi connectivity index (χ1v) is 5.30. The van der Waals surface area contributed by atoms with Crippen LogP contribution in [0.25, 0.3) is 0 Å². The second kappa shape index (κ2) is 3.40. The van der Waals surface area contributed by atoms with Crippen LogP contribution in [-0.4, -0.2) is 9.79 Å². The van der Waals surface area contributed by atoms with Crippen LogP contribution in [0.5, 0.6) is 0 Å². The minimum absolute atomic E-state index is 0.672. The van der Waals surface area contributed by atoms with E-state index in [1.807, 2.05) is 6.07 Å². The summed E-state index contributed by atoms with van der Waals surface area (Å²) in [6, 6.07) is 8.77. The molecule has 0 fully saturated rings. The van der Waals surface area contributed by atoms with Gasteiger partial charge in [0.15, 0.2) is 0 Å². The minimum atomic E-state index is -3.98. The van der Waals surface area contributed by atoms with Crippen molar-refractivity contribution in [3.63, 3.8) is 0 Å². The topological polar surface area (TPSA) is 57.5 Å². The highest BCUT2D eigenvalue weighted by Gasteiger charge is 2.24. The molecule has 0 unspecified atom stereocenters. The molecule has 0 radical (unpaired) electrons. The predicted octanol–water partition coefficient (Wildman–Crippen LogP) is 1.93. The Morgan fingerprint density at radius 3 is 2.17 bits per heavy atom. The molecule has 66 valence electrons. The van der Waals surface area contributed by atoms with Gasteiger partial charge in [0.25, 0.3) is 0 Å². The first-order chi connectivity index (χ1) is 5.52. The zero-order valence-corrected chi connectivity index (χ0v) is 7.61. The van der Waals surface area contributed by atoms with E-state index >= 15 is 0 Å². The third-order valence-corrected chi connectivity index (χ3v) is 3.09. The van der Waals surface area contributed by atoms with Gasteiger partial charge in [0, 0.05) is 0 Å². The number of benzene rings is 1. The maximum absolute atomic E-state index is 10.8. The van der Waals surface area contributed by atoms with E-state index in [0.717, 1.165) is 0 Å². The minimum Gasteiger partial charge on any atom is -0.324 e. The van der Waals surface area contributed by atoms with Crippen LogP contribution in [0.15, 0.2) is 30.3 Å². The van der Waals surface area contributed by atoms with Crippen molar-refractivity contribution < 1.29 is 14.4 Å². The first kappa shape index (κ1) is 9.46. The van der Waals surface area contributed by atoms with Crippen LogP contribution in [0.2, 0.25) is 0 Å². The molecule has 0 bridgehead atoms. The molecule has 0 spiro atoms. The van der Waals surface area contributed by atoms with Gasteiger partial charge in [0.05, 0.1) is 5.66 Å². The quantitative estimate of drug-likeness (QED) is 0.693. The molecule has 1 aromatic rings. The Kier molecular flexibility index (Phi) is 2.68. The summed E-state index contributed by atoms with van der Waals surface area (Å²) < 4.78 is 10.8. The second-order valence-electron chi connectivity index (χ2n) is 2.68. The summed E-state index contributed by atoms with van der Waals surface area (Å²) in [6.45, 7) is 1.52. The van der Waals surface area contributed by atoms with E-state index < -0.39 is 13.3 Å². The highest BCUT2D eigenvalue weighted by molar-refractivity contribution is 7.52. The van der Waals surface area contributed by atoms with Crippen LogP contribution in [0.3, 0.4) is 0 Å². The van der Waals surface area contributed by atoms with Crippen molar-refractivity contribution in [3.05, 3.63) is 35.9 Å². The monoisotopic (exact) mass is 186 g/mol. The van der Waals surface area contributed by atoms with E-state index in [4.69, 9.17) is 9.79 Å². The van der Waals surface area contributed by atoms with Crippen molar-refractivity contribution in [2.24, 2.45) is 0 Å². The molecule has 0 aromatic heterocycles. The molecule has 1 aromatic carbocycles. The van der Waals surface area contributed by atoms with Crippen LogP contribution in [0.4, 0.5) is 0 Å². The Morgan fingerprint density at radius 1 is 1.25 bits per heavy atom. The van der Waals surface area contributed by atoms with E-state index in [1.54, 1.807) is 24.3 Å². The maximum Gasteiger partial charge on any atom is 0.332 e. The predicted molar refractivity (Wildman–Crippen MR) is 46.9 cm³/mol. The SMILES string of the molecule is C[C@H](c1ccccc1)P(=O)(O)O. The average molecular weight is 186 g/mol. The van der Waals surface area contributed by atoms with Gasteiger partial charge in [0.2, 0.25) is 0 Å². The van der Waals surface area contributed by atoms with Crippen molar-refractivity contribution in [1.29, 1.82) is 0 Å². The van der Waals surface area contributed by atoms with Crippen molar-refractivity contribution in [3.8, 4) is 0 Å². The molecule has 0 aliphatic carbocycles. The van der Waals surface area contributed by atoms with Gasteiger partial charge < -0.3 is 9.79 Å². The number of hydrogen-bond donors (Lipinski definition) is 2. The van der Waals surface area contributed by atoms with Crippen LogP contribution >= 0.6 is 7.60 Å². The Balaban J connectivity index is 2.94. The smallest absolute Gasteiger partial charge is 0.324 e. The molecule has 1 atom stereocenters. The summed E-state index contributed by atoms with van der Waals surface area (Å²) in [5.74, 6) is 0. The van der Waals surface area contributed by atoms with Crippen LogP contribution < -0.4 is 0 Å². The van der Waals surface area contributed by atoms with E-state index in [0.29, 0.717) is 5.56 Å². The summed E-state index contributed by atoms with van der Waals surface area (Å²) in [4.78, 5) is 17.7. The lowest BCUT2D eigenvalue weighted by molar-refractivity contribution is 0.362. The normalized spacial score (nSPS) is 14.2. The van der Waals surface area contributed by atoms with E-state index in [9.17, 15) is 4.57 Å². The largest absolute Gasteiger partial charge is 0.332 e. The molecule has 0 saturated heterocycles. The molecule has 0 heterocycles. The highest BCUT2D eigenvalue weighted by atomic mass is 31.2. The maximum atomic E-state index is 10.8.